The van der Waals surface area contributed by atoms with E-state index < -0.39 is 7.75 Å². The molecular weight excluding hydrogens is 507 g/mol. The van der Waals surface area contributed by atoms with Crippen LogP contribution in [-0.2, 0) is 13.6 Å². The summed E-state index contributed by atoms with van der Waals surface area (Å²) in [5, 5.41) is 17.0. The summed E-state index contributed by atoms with van der Waals surface area (Å²) in [6.45, 7) is 10.1. The summed E-state index contributed by atoms with van der Waals surface area (Å²) in [4.78, 5) is 18.4. The van der Waals surface area contributed by atoms with Gasteiger partial charge in [0.15, 0.2) is 21.8 Å². The highest BCUT2D eigenvalue weighted by Crippen LogP contribution is 2.49. The Morgan fingerprint density at radius 3 is 2.49 bits per heavy atom. The van der Waals surface area contributed by atoms with Crippen LogP contribution in [0.2, 0.25) is 0 Å². The second kappa shape index (κ2) is 12.9. The van der Waals surface area contributed by atoms with Crippen LogP contribution in [-0.4, -0.2) is 50.9 Å². The Morgan fingerprint density at radius 1 is 1.14 bits per heavy atom. The van der Waals surface area contributed by atoms with Gasteiger partial charge in [-0.05, 0) is 45.2 Å². The molecule has 0 aromatic carbocycles. The minimum atomic E-state index is -3.56. The Morgan fingerprint density at radius 2 is 1.89 bits per heavy atom. The Balaban J connectivity index is 1.98. The fourth-order valence-corrected chi connectivity index (χ4v) is 6.59. The summed E-state index contributed by atoms with van der Waals surface area (Å²) in [6.07, 6.45) is 2.53. The van der Waals surface area contributed by atoms with E-state index >= 15 is 0 Å². The molecule has 0 aliphatic carbocycles. The lowest BCUT2D eigenvalue weighted by atomic mass is 10.0. The molecule has 192 valence electrons. The third-order valence-electron chi connectivity index (χ3n) is 4.77. The zero-order valence-corrected chi connectivity index (χ0v) is 23.1. The van der Waals surface area contributed by atoms with Gasteiger partial charge in [-0.2, -0.15) is 4.98 Å². The molecule has 10 nitrogen and oxygen atoms in total. The normalized spacial score (nSPS) is 13.8. The first-order valence-corrected chi connectivity index (χ1v) is 14.8. The van der Waals surface area contributed by atoms with Crippen LogP contribution in [0.4, 0.5) is 10.9 Å². The van der Waals surface area contributed by atoms with Crippen molar-refractivity contribution in [1.82, 2.24) is 19.9 Å². The molecule has 3 heterocycles. The maximum absolute atomic E-state index is 13.0. The predicted octanol–water partition coefficient (Wildman–Crippen LogP) is 5.75. The van der Waals surface area contributed by atoms with Gasteiger partial charge >= 0.3 is 7.75 Å². The Hall–Kier alpha value is -1.82. The van der Waals surface area contributed by atoms with Crippen molar-refractivity contribution < 1.29 is 18.7 Å². The topological polar surface area (TPSA) is 131 Å². The van der Waals surface area contributed by atoms with Crippen molar-refractivity contribution in [3.05, 3.63) is 30.1 Å². The average Bonchev–Trinajstić information content (AvgIpc) is 3.21. The number of aliphatic hydroxyl groups excluding tert-OH is 1. The monoisotopic (exact) mass is 540 g/mol. The van der Waals surface area contributed by atoms with E-state index in [2.05, 4.69) is 39.2 Å². The lowest BCUT2D eigenvalue weighted by molar-refractivity contribution is 0.225. The number of hydrogen-bond acceptors (Lipinski definition) is 11. The van der Waals surface area contributed by atoms with Crippen molar-refractivity contribution in [2.75, 3.05) is 30.2 Å². The van der Waals surface area contributed by atoms with Crippen LogP contribution in [0, 0.1) is 5.92 Å². The molecule has 13 heteroatoms. The molecular formula is C22H33N6O4PS2. The molecule has 0 aliphatic rings. The minimum absolute atomic E-state index is 0.0122. The molecule has 0 bridgehead atoms. The molecule has 0 radical (unpaired) electrons. The van der Waals surface area contributed by atoms with Crippen molar-refractivity contribution >= 4 is 52.1 Å². The van der Waals surface area contributed by atoms with Gasteiger partial charge in [-0.3, -0.25) is 19.1 Å². The van der Waals surface area contributed by atoms with E-state index in [0.29, 0.717) is 32.4 Å². The van der Waals surface area contributed by atoms with Gasteiger partial charge in [-0.15, -0.1) is 0 Å². The molecule has 3 aromatic heterocycles. The van der Waals surface area contributed by atoms with E-state index in [1.165, 1.54) is 23.1 Å². The van der Waals surface area contributed by atoms with Gasteiger partial charge in [0.2, 0.25) is 0 Å². The number of aromatic nitrogens is 4. The molecule has 0 amide bonds. The highest BCUT2D eigenvalue weighted by Gasteiger charge is 2.27. The predicted molar refractivity (Wildman–Crippen MR) is 142 cm³/mol. The molecule has 0 aliphatic heterocycles. The van der Waals surface area contributed by atoms with Gasteiger partial charge < -0.3 is 10.4 Å². The smallest absolute Gasteiger partial charge is 0.394 e. The molecule has 2 atom stereocenters. The number of anilines is 2. The van der Waals surface area contributed by atoms with Gasteiger partial charge in [0, 0.05) is 6.20 Å². The average molecular weight is 541 g/mol. The van der Waals surface area contributed by atoms with Gasteiger partial charge in [0.1, 0.15) is 4.70 Å². The van der Waals surface area contributed by atoms with Gasteiger partial charge in [-0.25, -0.2) is 14.5 Å². The number of fused-ring (bicyclic) bond motifs is 1. The molecule has 0 saturated heterocycles. The maximum Gasteiger partial charge on any atom is 0.434 e. The van der Waals surface area contributed by atoms with Crippen LogP contribution in [0.3, 0.4) is 0 Å². The summed E-state index contributed by atoms with van der Waals surface area (Å²) < 4.78 is 24.3. The van der Waals surface area contributed by atoms with Crippen LogP contribution in [0.1, 0.15) is 52.0 Å². The number of nitrogens with zero attached hydrogens (tertiary/aromatic N) is 4. The fourth-order valence-electron chi connectivity index (χ4n) is 3.34. The van der Waals surface area contributed by atoms with Crippen molar-refractivity contribution in [2.24, 2.45) is 5.92 Å². The van der Waals surface area contributed by atoms with E-state index in [1.807, 2.05) is 25.1 Å². The number of aliphatic hydroxyl groups is 1. The van der Waals surface area contributed by atoms with Gasteiger partial charge in [0.05, 0.1) is 36.8 Å². The van der Waals surface area contributed by atoms with Crippen molar-refractivity contribution in [1.29, 1.82) is 0 Å². The van der Waals surface area contributed by atoms with Crippen molar-refractivity contribution in [2.45, 2.75) is 57.5 Å². The number of rotatable bonds is 14. The summed E-state index contributed by atoms with van der Waals surface area (Å²) in [5.74, 6) is 0.954. The first kappa shape index (κ1) is 27.8. The van der Waals surface area contributed by atoms with E-state index in [-0.39, 0.29) is 31.1 Å². The Labute approximate surface area is 214 Å². The largest absolute Gasteiger partial charge is 0.434 e. The van der Waals surface area contributed by atoms with E-state index in [0.717, 1.165) is 12.1 Å². The zero-order chi connectivity index (χ0) is 25.4. The zero-order valence-electron chi connectivity index (χ0n) is 20.6. The molecule has 0 spiro atoms. The van der Waals surface area contributed by atoms with E-state index in [4.69, 9.17) is 14.0 Å². The van der Waals surface area contributed by atoms with Gasteiger partial charge in [0.25, 0.3) is 0 Å². The number of thiazole rings is 1. The van der Waals surface area contributed by atoms with Crippen LogP contribution < -0.4 is 10.4 Å². The summed E-state index contributed by atoms with van der Waals surface area (Å²) in [7, 11) is -3.56. The fraction of sp³-hybridized carbons (Fsp3) is 0.545. The number of thioether (sulfide) groups is 1. The molecule has 2 unspecified atom stereocenters. The standard InChI is InChI=1S/C22H33N6O4PS2/c1-6-31-33(30,32-7-2)28-22-27-20-18(35-22)19(24-16(13-29)12-14(3)4)25-21(26-20)34-15(5)17-10-8-9-11-23-17/h8-11,14-16,29H,6-7,12-13H2,1-5H3,(H2,24,25,26,27,28,30). The molecule has 3 aromatic rings. The number of pyridine rings is 1. The lowest BCUT2D eigenvalue weighted by Crippen LogP contribution is -2.26. The van der Waals surface area contributed by atoms with Gasteiger partial charge in [-0.1, -0.05) is 43.0 Å². The first-order chi connectivity index (χ1) is 16.8. The summed E-state index contributed by atoms with van der Waals surface area (Å²) in [6, 6.07) is 5.60. The van der Waals surface area contributed by atoms with Crippen LogP contribution in [0.25, 0.3) is 10.3 Å². The molecule has 3 rings (SSSR count). The summed E-state index contributed by atoms with van der Waals surface area (Å²) in [5.41, 5.74) is 1.37. The van der Waals surface area contributed by atoms with Crippen LogP contribution in [0.5, 0.6) is 0 Å². The molecule has 35 heavy (non-hydrogen) atoms. The lowest BCUT2D eigenvalue weighted by Gasteiger charge is -2.19. The third kappa shape index (κ3) is 7.83. The Bertz CT molecular complexity index is 1120. The van der Waals surface area contributed by atoms with Crippen molar-refractivity contribution in [3.8, 4) is 0 Å². The van der Waals surface area contributed by atoms with Crippen LogP contribution in [0.15, 0.2) is 29.6 Å². The second-order valence-electron chi connectivity index (χ2n) is 8.14. The molecule has 0 saturated carbocycles. The SMILES string of the molecule is CCOP(=O)(Nc1nc2nc(SC(C)c3ccccn3)nc(NC(CO)CC(C)C)c2s1)OCC. The first-order valence-electron chi connectivity index (χ1n) is 11.6. The van der Waals surface area contributed by atoms with Crippen molar-refractivity contribution in [3.63, 3.8) is 0 Å². The highest BCUT2D eigenvalue weighted by molar-refractivity contribution is 7.99. The Kier molecular flexibility index (Phi) is 10.3. The van der Waals surface area contributed by atoms with E-state index in [9.17, 15) is 9.67 Å². The molecule has 3 N–H and O–H groups in total. The minimum Gasteiger partial charge on any atom is -0.394 e. The quantitative estimate of drug-likeness (QED) is 0.131. The number of hydrogen-bond donors (Lipinski definition) is 3. The summed E-state index contributed by atoms with van der Waals surface area (Å²) >= 11 is 2.72. The number of nitrogens with one attached hydrogen (secondary N) is 2. The third-order valence-corrected chi connectivity index (χ3v) is 8.56. The molecule has 0 fully saturated rings. The second-order valence-corrected chi connectivity index (χ2v) is 12.2. The van der Waals surface area contributed by atoms with E-state index in [1.54, 1.807) is 20.0 Å². The van der Waals surface area contributed by atoms with Crippen LogP contribution >= 0.6 is 30.8 Å². The highest BCUT2D eigenvalue weighted by atomic mass is 32.2. The maximum atomic E-state index is 13.0.